The van der Waals surface area contributed by atoms with Crippen LogP contribution >= 0.6 is 0 Å². The molecule has 11 aromatic rings. The van der Waals surface area contributed by atoms with Gasteiger partial charge >= 0.3 is 0 Å². The number of aromatic nitrogens is 2. The Labute approximate surface area is 343 Å². The summed E-state index contributed by atoms with van der Waals surface area (Å²) in [5.41, 5.74) is 13.6. The van der Waals surface area contributed by atoms with Crippen LogP contribution in [-0.2, 0) is 0 Å². The lowest BCUT2D eigenvalue weighted by molar-refractivity contribution is 1.28. The molecule has 0 bridgehead atoms. The van der Waals surface area contributed by atoms with Crippen LogP contribution in [0.2, 0.25) is 0 Å². The number of para-hydroxylation sites is 4. The Kier molecular flexibility index (Phi) is 8.49. The quantitative estimate of drug-likeness (QED) is 0.152. The molecule has 9 aromatic carbocycles. The minimum absolute atomic E-state index is 0.903. The van der Waals surface area contributed by atoms with Crippen LogP contribution in [0, 0.1) is 0 Å². The average molecular weight is 752 g/mol. The summed E-state index contributed by atoms with van der Waals surface area (Å²) in [4.78, 5) is 13.4. The second-order valence-electron chi connectivity index (χ2n) is 14.9. The van der Waals surface area contributed by atoms with E-state index in [9.17, 15) is 0 Å². The Morgan fingerprint density at radius 1 is 0.339 bits per heavy atom. The van der Waals surface area contributed by atoms with Crippen LogP contribution in [0.5, 0.6) is 0 Å². The molecule has 276 valence electrons. The van der Waals surface area contributed by atoms with Crippen LogP contribution in [0.15, 0.2) is 224 Å². The van der Waals surface area contributed by atoms with Gasteiger partial charge in [0.25, 0.3) is 0 Å². The SMILES string of the molecule is c1ccc(-c2ccc(-c3cc(-c4ccccc4-c4nc5c(N(c6ccccc6)c6ccccc6)cccc5c5c4ccc4ccccc45)nc4ccccc34)cc2)cc1. The number of hydrogen-bond donors (Lipinski definition) is 0. The maximum atomic E-state index is 5.75. The van der Waals surface area contributed by atoms with Crippen molar-refractivity contribution in [1.29, 1.82) is 0 Å². The largest absolute Gasteiger partial charge is 0.308 e. The molecule has 0 aliphatic carbocycles. The van der Waals surface area contributed by atoms with E-state index in [1.807, 2.05) is 0 Å². The lowest BCUT2D eigenvalue weighted by Crippen LogP contribution is -2.11. The van der Waals surface area contributed by atoms with Gasteiger partial charge in [0, 0.05) is 44.0 Å². The van der Waals surface area contributed by atoms with Crippen molar-refractivity contribution >= 4 is 60.4 Å². The monoisotopic (exact) mass is 751 g/mol. The molecule has 0 radical (unpaired) electrons. The molecule has 2 heterocycles. The fourth-order valence-electron chi connectivity index (χ4n) is 8.69. The molecule has 0 amide bonds. The molecule has 0 fully saturated rings. The summed E-state index contributed by atoms with van der Waals surface area (Å²) < 4.78 is 0. The third-order valence-electron chi connectivity index (χ3n) is 11.4. The number of rotatable bonds is 7. The van der Waals surface area contributed by atoms with Crippen molar-refractivity contribution in [2.24, 2.45) is 0 Å². The zero-order valence-electron chi connectivity index (χ0n) is 32.2. The molecule has 0 saturated carbocycles. The Morgan fingerprint density at radius 3 is 1.66 bits per heavy atom. The van der Waals surface area contributed by atoms with Crippen LogP contribution < -0.4 is 4.90 Å². The number of hydrogen-bond acceptors (Lipinski definition) is 3. The van der Waals surface area contributed by atoms with Gasteiger partial charge in [-0.3, -0.25) is 0 Å². The first-order valence-corrected chi connectivity index (χ1v) is 20.1. The van der Waals surface area contributed by atoms with E-state index in [0.29, 0.717) is 0 Å². The summed E-state index contributed by atoms with van der Waals surface area (Å²) in [5, 5.41) is 6.91. The van der Waals surface area contributed by atoms with Gasteiger partial charge in [-0.1, -0.05) is 182 Å². The zero-order chi connectivity index (χ0) is 39.1. The Balaban J connectivity index is 1.17. The van der Waals surface area contributed by atoms with Gasteiger partial charge in [-0.2, -0.15) is 0 Å². The topological polar surface area (TPSA) is 29.0 Å². The van der Waals surface area contributed by atoms with Crippen molar-refractivity contribution < 1.29 is 0 Å². The smallest absolute Gasteiger partial charge is 0.0956 e. The van der Waals surface area contributed by atoms with Gasteiger partial charge in [0.05, 0.1) is 28.1 Å². The van der Waals surface area contributed by atoms with Gasteiger partial charge in [0.15, 0.2) is 0 Å². The second-order valence-corrected chi connectivity index (χ2v) is 14.9. The maximum absolute atomic E-state index is 5.75. The van der Waals surface area contributed by atoms with E-state index in [1.165, 1.54) is 27.3 Å². The first kappa shape index (κ1) is 34.4. The molecule has 0 spiro atoms. The minimum atomic E-state index is 0.903. The molecule has 3 heteroatoms. The lowest BCUT2D eigenvalue weighted by Gasteiger charge is -2.27. The molecule has 0 N–H and O–H groups in total. The van der Waals surface area contributed by atoms with Gasteiger partial charge in [0.2, 0.25) is 0 Å². The highest BCUT2D eigenvalue weighted by molar-refractivity contribution is 6.24. The number of pyridine rings is 2. The van der Waals surface area contributed by atoms with E-state index in [1.54, 1.807) is 0 Å². The fourth-order valence-corrected chi connectivity index (χ4v) is 8.69. The van der Waals surface area contributed by atoms with Crippen LogP contribution in [-0.4, -0.2) is 9.97 Å². The summed E-state index contributed by atoms with van der Waals surface area (Å²) in [7, 11) is 0. The van der Waals surface area contributed by atoms with Crippen LogP contribution in [0.3, 0.4) is 0 Å². The standard InChI is InChI=1S/C56H37N3/c1-4-17-38(18-5-1)39-31-33-41(34-32-39)50-37-52(57-51-29-15-14-26-46(50)51)45-25-12-13-27-47(45)55-49-36-35-40-19-10-11-24-44(40)54(49)48-28-16-30-53(56(48)58-55)59(42-20-6-2-7-21-42)43-22-8-3-9-23-43/h1-37H. The second kappa shape index (κ2) is 14.6. The third kappa shape index (κ3) is 6.08. The molecular formula is C56H37N3. The van der Waals surface area contributed by atoms with Crippen molar-refractivity contribution in [2.45, 2.75) is 0 Å². The summed E-state index contributed by atoms with van der Waals surface area (Å²) in [6.07, 6.45) is 0. The van der Waals surface area contributed by atoms with Crippen molar-refractivity contribution in [3.05, 3.63) is 224 Å². The van der Waals surface area contributed by atoms with Crippen LogP contribution in [0.4, 0.5) is 17.1 Å². The maximum Gasteiger partial charge on any atom is 0.0956 e. The molecule has 0 unspecified atom stereocenters. The van der Waals surface area contributed by atoms with Gasteiger partial charge < -0.3 is 4.90 Å². The Morgan fingerprint density at radius 2 is 0.915 bits per heavy atom. The predicted octanol–water partition coefficient (Wildman–Crippen LogP) is 15.2. The van der Waals surface area contributed by atoms with Crippen LogP contribution in [0.1, 0.15) is 0 Å². The molecule has 0 saturated heterocycles. The average Bonchev–Trinajstić information content (AvgIpc) is 3.32. The van der Waals surface area contributed by atoms with Crippen molar-refractivity contribution in [3.63, 3.8) is 0 Å². The highest BCUT2D eigenvalue weighted by Gasteiger charge is 2.22. The summed E-state index contributed by atoms with van der Waals surface area (Å²) >= 11 is 0. The van der Waals surface area contributed by atoms with Crippen molar-refractivity contribution in [2.75, 3.05) is 4.90 Å². The molecular weight excluding hydrogens is 715 g/mol. The van der Waals surface area contributed by atoms with Gasteiger partial charge in [-0.05, 0) is 75.5 Å². The van der Waals surface area contributed by atoms with E-state index in [2.05, 4.69) is 229 Å². The predicted molar refractivity (Wildman–Crippen MR) is 248 cm³/mol. The molecule has 2 aromatic heterocycles. The Hall–Kier alpha value is -7.88. The number of benzene rings is 9. The first-order chi connectivity index (χ1) is 29.3. The number of fused-ring (bicyclic) bond motifs is 6. The summed E-state index contributed by atoms with van der Waals surface area (Å²) in [6.45, 7) is 0. The van der Waals surface area contributed by atoms with E-state index >= 15 is 0 Å². The third-order valence-corrected chi connectivity index (χ3v) is 11.4. The highest BCUT2D eigenvalue weighted by Crippen LogP contribution is 2.45. The van der Waals surface area contributed by atoms with E-state index in [4.69, 9.17) is 9.97 Å². The van der Waals surface area contributed by atoms with E-state index in [-0.39, 0.29) is 0 Å². The molecule has 11 rings (SSSR count). The van der Waals surface area contributed by atoms with Gasteiger partial charge in [0.1, 0.15) is 0 Å². The fraction of sp³-hybridized carbons (Fsp3) is 0. The molecule has 3 nitrogen and oxygen atoms in total. The Bertz CT molecular complexity index is 3270. The molecule has 0 atom stereocenters. The van der Waals surface area contributed by atoms with Crippen molar-refractivity contribution in [3.8, 4) is 44.8 Å². The highest BCUT2D eigenvalue weighted by atomic mass is 15.1. The van der Waals surface area contributed by atoms with E-state index < -0.39 is 0 Å². The number of nitrogens with zero attached hydrogens (tertiary/aromatic N) is 3. The zero-order valence-corrected chi connectivity index (χ0v) is 32.2. The minimum Gasteiger partial charge on any atom is -0.308 e. The van der Waals surface area contributed by atoms with E-state index in [0.717, 1.165) is 77.9 Å². The van der Waals surface area contributed by atoms with Crippen molar-refractivity contribution in [1.82, 2.24) is 9.97 Å². The molecule has 0 aliphatic rings. The summed E-state index contributed by atoms with van der Waals surface area (Å²) in [6, 6.07) is 79.7. The molecule has 0 aliphatic heterocycles. The first-order valence-electron chi connectivity index (χ1n) is 20.1. The summed E-state index contributed by atoms with van der Waals surface area (Å²) in [5.74, 6) is 0. The normalized spacial score (nSPS) is 11.4. The number of anilines is 3. The van der Waals surface area contributed by atoms with Gasteiger partial charge in [-0.25, -0.2) is 9.97 Å². The van der Waals surface area contributed by atoms with Crippen LogP contribution in [0.25, 0.3) is 88.1 Å². The molecule has 59 heavy (non-hydrogen) atoms. The lowest BCUT2D eigenvalue weighted by atomic mass is 9.91. The van der Waals surface area contributed by atoms with Gasteiger partial charge in [-0.15, -0.1) is 0 Å².